The molecule has 0 N–H and O–H groups in total. The first-order valence-corrected chi connectivity index (χ1v) is 8.80. The van der Waals surface area contributed by atoms with Crippen molar-refractivity contribution >= 4 is 9.84 Å². The molecule has 0 fully saturated rings. The predicted molar refractivity (Wildman–Crippen MR) is 81.1 cm³/mol. The van der Waals surface area contributed by atoms with E-state index < -0.39 is 44.6 Å². The maximum absolute atomic E-state index is 13.9. The second-order valence-electron chi connectivity index (χ2n) is 5.80. The lowest BCUT2D eigenvalue weighted by atomic mass is 10.1. The van der Waals surface area contributed by atoms with Crippen molar-refractivity contribution in [1.29, 1.82) is 5.26 Å². The molecule has 0 aliphatic heterocycles. The van der Waals surface area contributed by atoms with Crippen molar-refractivity contribution in [1.82, 2.24) is 4.98 Å². The summed E-state index contributed by atoms with van der Waals surface area (Å²) >= 11 is 0. The second-order valence-corrected chi connectivity index (χ2v) is 7.71. The molecule has 1 aromatic heterocycles. The SMILES string of the molecule is N#Cc1cncc(Oc2ccc(S(=O)(=O)C(F)(F)F)c3c2CC(F)(F)C3)c1. The highest BCUT2D eigenvalue weighted by Crippen LogP contribution is 2.45. The Morgan fingerprint density at radius 2 is 1.81 bits per heavy atom. The Morgan fingerprint density at radius 3 is 2.44 bits per heavy atom. The molecule has 1 aliphatic carbocycles. The van der Waals surface area contributed by atoms with Crippen LogP contribution in [0.25, 0.3) is 0 Å². The molecule has 11 heteroatoms. The van der Waals surface area contributed by atoms with Gasteiger partial charge in [0, 0.05) is 30.7 Å². The highest BCUT2D eigenvalue weighted by atomic mass is 32.2. The van der Waals surface area contributed by atoms with Gasteiger partial charge < -0.3 is 4.74 Å². The van der Waals surface area contributed by atoms with E-state index in [0.717, 1.165) is 6.07 Å². The van der Waals surface area contributed by atoms with Crippen LogP contribution in [0.2, 0.25) is 0 Å². The van der Waals surface area contributed by atoms with E-state index >= 15 is 0 Å². The average molecular weight is 404 g/mol. The van der Waals surface area contributed by atoms with Crippen LogP contribution < -0.4 is 4.74 Å². The van der Waals surface area contributed by atoms with Gasteiger partial charge in [0.05, 0.1) is 16.7 Å². The first-order valence-electron chi connectivity index (χ1n) is 7.31. The number of ether oxygens (including phenoxy) is 1. The van der Waals surface area contributed by atoms with Gasteiger partial charge in [-0.1, -0.05) is 0 Å². The number of aromatic nitrogens is 1. The number of fused-ring (bicyclic) bond motifs is 1. The minimum atomic E-state index is -5.80. The fraction of sp³-hybridized carbons (Fsp3) is 0.250. The van der Waals surface area contributed by atoms with Crippen LogP contribution in [0.5, 0.6) is 11.5 Å². The summed E-state index contributed by atoms with van der Waals surface area (Å²) < 4.78 is 95.1. The number of rotatable bonds is 3. The standard InChI is InChI=1S/C16H9F5N2O3S/c17-15(18)4-11-12(5-15)14(27(24,25)16(19,20)21)2-1-13(11)26-10-3-9(6-22)7-23-8-10/h1-3,7-8H,4-5H2. The smallest absolute Gasteiger partial charge is 0.455 e. The van der Waals surface area contributed by atoms with Crippen molar-refractivity contribution < 1.29 is 35.1 Å². The number of sulfone groups is 1. The molecule has 0 atom stereocenters. The topological polar surface area (TPSA) is 80.0 Å². The molecule has 0 unspecified atom stereocenters. The fourth-order valence-corrected chi connectivity index (χ4v) is 3.77. The molecule has 2 aromatic rings. The lowest BCUT2D eigenvalue weighted by Gasteiger charge is -2.15. The van der Waals surface area contributed by atoms with Gasteiger partial charge in [-0.05, 0) is 17.7 Å². The zero-order valence-corrected chi connectivity index (χ0v) is 14.0. The van der Waals surface area contributed by atoms with Crippen LogP contribution in [0.4, 0.5) is 22.0 Å². The molecular formula is C16H9F5N2O3S. The van der Waals surface area contributed by atoms with Gasteiger partial charge in [0.25, 0.3) is 15.8 Å². The van der Waals surface area contributed by atoms with Gasteiger partial charge in [-0.25, -0.2) is 17.2 Å². The van der Waals surface area contributed by atoms with Crippen molar-refractivity contribution in [3.63, 3.8) is 0 Å². The van der Waals surface area contributed by atoms with Gasteiger partial charge in [-0.3, -0.25) is 4.98 Å². The summed E-state index contributed by atoms with van der Waals surface area (Å²) in [5.74, 6) is -3.64. The van der Waals surface area contributed by atoms with Gasteiger partial charge in [0.15, 0.2) is 0 Å². The molecule has 5 nitrogen and oxygen atoms in total. The molecule has 0 saturated carbocycles. The molecule has 0 radical (unpaired) electrons. The van der Waals surface area contributed by atoms with Crippen LogP contribution >= 0.6 is 0 Å². The number of halogens is 5. The van der Waals surface area contributed by atoms with Crippen LogP contribution in [-0.2, 0) is 22.7 Å². The number of nitriles is 1. The van der Waals surface area contributed by atoms with E-state index in [1.165, 1.54) is 18.5 Å². The Hall–Kier alpha value is -2.74. The fourth-order valence-electron chi connectivity index (χ4n) is 2.75. The highest BCUT2D eigenvalue weighted by Gasteiger charge is 2.51. The molecular weight excluding hydrogens is 395 g/mol. The largest absolute Gasteiger partial charge is 0.501 e. The number of hydrogen-bond acceptors (Lipinski definition) is 5. The molecule has 0 spiro atoms. The lowest BCUT2D eigenvalue weighted by Crippen LogP contribution is -2.25. The molecule has 142 valence electrons. The molecule has 1 heterocycles. The van der Waals surface area contributed by atoms with Crippen LogP contribution in [0.15, 0.2) is 35.5 Å². The number of pyridine rings is 1. The zero-order valence-electron chi connectivity index (χ0n) is 13.2. The summed E-state index contributed by atoms with van der Waals surface area (Å²) in [4.78, 5) is 2.51. The molecule has 0 amide bonds. The molecule has 0 saturated heterocycles. The van der Waals surface area contributed by atoms with Gasteiger partial charge in [-0.2, -0.15) is 18.4 Å². The quantitative estimate of drug-likeness (QED) is 0.728. The van der Waals surface area contributed by atoms with Crippen LogP contribution in [0.3, 0.4) is 0 Å². The summed E-state index contributed by atoms with van der Waals surface area (Å²) in [6.45, 7) is 0. The molecule has 0 bridgehead atoms. The monoisotopic (exact) mass is 404 g/mol. The molecule has 1 aromatic carbocycles. The third kappa shape index (κ3) is 3.44. The Balaban J connectivity index is 2.12. The van der Waals surface area contributed by atoms with E-state index in [1.54, 1.807) is 6.07 Å². The van der Waals surface area contributed by atoms with E-state index in [1.807, 2.05) is 0 Å². The van der Waals surface area contributed by atoms with E-state index in [-0.39, 0.29) is 22.6 Å². The van der Waals surface area contributed by atoms with Crippen molar-refractivity contribution in [3.05, 3.63) is 47.3 Å². The van der Waals surface area contributed by atoms with E-state index in [2.05, 4.69) is 4.98 Å². The third-order valence-corrected chi connectivity index (χ3v) is 5.45. The van der Waals surface area contributed by atoms with Crippen molar-refractivity contribution in [3.8, 4) is 17.6 Å². The first-order chi connectivity index (χ1) is 12.4. The molecule has 1 aliphatic rings. The number of benzene rings is 1. The summed E-state index contributed by atoms with van der Waals surface area (Å²) in [5, 5.41) is 8.84. The normalized spacial score (nSPS) is 15.9. The average Bonchev–Trinajstić information content (AvgIpc) is 2.89. The van der Waals surface area contributed by atoms with Gasteiger partial charge in [-0.15, -0.1) is 0 Å². The van der Waals surface area contributed by atoms with Crippen LogP contribution in [0.1, 0.15) is 16.7 Å². The summed E-state index contributed by atoms with van der Waals surface area (Å²) in [5.41, 5.74) is -6.45. The van der Waals surface area contributed by atoms with Crippen molar-refractivity contribution in [2.24, 2.45) is 0 Å². The third-order valence-electron chi connectivity index (χ3n) is 3.88. The molecule has 27 heavy (non-hydrogen) atoms. The molecule has 3 rings (SSSR count). The number of nitrogens with zero attached hydrogens (tertiary/aromatic N) is 2. The number of hydrogen-bond donors (Lipinski definition) is 0. The summed E-state index contributed by atoms with van der Waals surface area (Å²) in [7, 11) is -5.80. The summed E-state index contributed by atoms with van der Waals surface area (Å²) in [6, 6.07) is 4.54. The Bertz CT molecular complexity index is 1060. The highest BCUT2D eigenvalue weighted by molar-refractivity contribution is 7.92. The maximum Gasteiger partial charge on any atom is 0.501 e. The Morgan fingerprint density at radius 1 is 1.15 bits per heavy atom. The van der Waals surface area contributed by atoms with Crippen LogP contribution in [-0.4, -0.2) is 24.8 Å². The Labute approximate surface area is 149 Å². The van der Waals surface area contributed by atoms with Crippen molar-refractivity contribution in [2.75, 3.05) is 0 Å². The predicted octanol–water partition coefficient (Wildman–Crippen LogP) is 3.77. The Kier molecular flexibility index (Phi) is 4.34. The lowest BCUT2D eigenvalue weighted by molar-refractivity contribution is -0.0437. The van der Waals surface area contributed by atoms with Crippen molar-refractivity contribution in [2.45, 2.75) is 29.2 Å². The zero-order chi connectivity index (χ0) is 20.0. The second kappa shape index (κ2) is 6.16. The minimum absolute atomic E-state index is 0.00195. The van der Waals surface area contributed by atoms with E-state index in [9.17, 15) is 30.4 Å². The van der Waals surface area contributed by atoms with Gasteiger partial charge in [0.2, 0.25) is 0 Å². The van der Waals surface area contributed by atoms with Gasteiger partial charge >= 0.3 is 5.51 Å². The summed E-state index contributed by atoms with van der Waals surface area (Å²) in [6.07, 6.45) is 0.288. The number of alkyl halides is 5. The van der Waals surface area contributed by atoms with Gasteiger partial charge in [0.1, 0.15) is 17.6 Å². The van der Waals surface area contributed by atoms with E-state index in [0.29, 0.717) is 6.07 Å². The minimum Gasteiger partial charge on any atom is -0.455 e. The van der Waals surface area contributed by atoms with E-state index in [4.69, 9.17) is 10.00 Å². The van der Waals surface area contributed by atoms with Crippen LogP contribution in [0, 0.1) is 11.3 Å². The first kappa shape index (κ1) is 19.0. The maximum atomic E-state index is 13.9.